The van der Waals surface area contributed by atoms with Gasteiger partial charge in [-0.2, -0.15) is 9.61 Å². The number of hydrogen-bond acceptors (Lipinski definition) is 5. The number of nitrogens with one attached hydrogen (secondary N) is 1. The van der Waals surface area contributed by atoms with Crippen molar-refractivity contribution in [3.8, 4) is 17.0 Å². The molecule has 0 atom stereocenters. The van der Waals surface area contributed by atoms with E-state index >= 15 is 0 Å². The quantitative estimate of drug-likeness (QED) is 0.720. The number of H-pyrrole nitrogens is 1. The molecular weight excluding hydrogens is 298 g/mol. The van der Waals surface area contributed by atoms with E-state index in [0.717, 1.165) is 10.1 Å². The molecule has 0 saturated carbocycles. The molecule has 0 aliphatic carbocycles. The number of hydrogen-bond donors (Lipinski definition) is 2. The summed E-state index contributed by atoms with van der Waals surface area (Å²) in [5.74, 6) is -1.42. The molecule has 0 bridgehead atoms. The van der Waals surface area contributed by atoms with Crippen LogP contribution in [0.25, 0.3) is 16.8 Å². The number of carbonyl (C=O) groups is 1. The van der Waals surface area contributed by atoms with Crippen LogP contribution in [0.1, 0.15) is 23.0 Å². The van der Waals surface area contributed by atoms with E-state index < -0.39 is 23.0 Å². The molecule has 0 radical (unpaired) electrons. The molecule has 0 fully saturated rings. The normalized spacial score (nSPS) is 10.9. The predicted molar refractivity (Wildman–Crippen MR) is 83.6 cm³/mol. The van der Waals surface area contributed by atoms with Gasteiger partial charge in [-0.3, -0.25) is 4.79 Å². The van der Waals surface area contributed by atoms with E-state index in [4.69, 9.17) is 4.74 Å². The van der Waals surface area contributed by atoms with Crippen LogP contribution in [-0.4, -0.2) is 32.3 Å². The van der Waals surface area contributed by atoms with Gasteiger partial charge in [0.25, 0.3) is 5.56 Å². The third-order valence-electron chi connectivity index (χ3n) is 3.49. The van der Waals surface area contributed by atoms with E-state index in [1.165, 1.54) is 0 Å². The first-order chi connectivity index (χ1) is 11.0. The Morgan fingerprint density at radius 1 is 1.35 bits per heavy atom. The van der Waals surface area contributed by atoms with Gasteiger partial charge in [0.15, 0.2) is 5.56 Å². The highest BCUT2D eigenvalue weighted by Crippen LogP contribution is 2.28. The van der Waals surface area contributed by atoms with Gasteiger partial charge in [-0.25, -0.2) is 4.79 Å². The number of aromatic nitrogens is 3. The summed E-state index contributed by atoms with van der Waals surface area (Å²) >= 11 is 0. The highest BCUT2D eigenvalue weighted by atomic mass is 16.5. The minimum atomic E-state index is -0.887. The van der Waals surface area contributed by atoms with Crippen LogP contribution in [0.15, 0.2) is 35.1 Å². The molecule has 1 aromatic carbocycles. The van der Waals surface area contributed by atoms with Crippen molar-refractivity contribution in [1.82, 2.24) is 14.6 Å². The van der Waals surface area contributed by atoms with Crippen molar-refractivity contribution >= 4 is 11.6 Å². The SMILES string of the molecule is CCOC(=O)c1c(O)n2nc(C)c(-c3ccccc3)c2[nH]c1=O. The van der Waals surface area contributed by atoms with Crippen LogP contribution in [0.4, 0.5) is 0 Å². The molecule has 7 nitrogen and oxygen atoms in total. The van der Waals surface area contributed by atoms with Crippen LogP contribution >= 0.6 is 0 Å². The molecule has 0 aliphatic heterocycles. The van der Waals surface area contributed by atoms with Crippen LogP contribution < -0.4 is 5.56 Å². The second kappa shape index (κ2) is 5.60. The molecule has 0 amide bonds. The Morgan fingerprint density at radius 3 is 2.70 bits per heavy atom. The Morgan fingerprint density at radius 2 is 2.04 bits per heavy atom. The lowest BCUT2D eigenvalue weighted by molar-refractivity contribution is 0.0519. The fourth-order valence-electron chi connectivity index (χ4n) is 2.51. The van der Waals surface area contributed by atoms with E-state index in [-0.39, 0.29) is 6.61 Å². The van der Waals surface area contributed by atoms with Crippen molar-refractivity contribution in [3.63, 3.8) is 0 Å². The summed E-state index contributed by atoms with van der Waals surface area (Å²) in [4.78, 5) is 26.7. The molecule has 2 aromatic heterocycles. The summed E-state index contributed by atoms with van der Waals surface area (Å²) in [6.45, 7) is 3.48. The van der Waals surface area contributed by atoms with Gasteiger partial charge in [-0.1, -0.05) is 30.3 Å². The van der Waals surface area contributed by atoms with Gasteiger partial charge in [0, 0.05) is 5.56 Å². The zero-order valence-electron chi connectivity index (χ0n) is 12.7. The minimum Gasteiger partial charge on any atom is -0.492 e. The van der Waals surface area contributed by atoms with Gasteiger partial charge in [0.1, 0.15) is 5.65 Å². The zero-order valence-corrected chi connectivity index (χ0v) is 12.7. The molecule has 2 N–H and O–H groups in total. The molecule has 118 valence electrons. The molecule has 7 heteroatoms. The van der Waals surface area contributed by atoms with Gasteiger partial charge >= 0.3 is 5.97 Å². The molecule has 3 rings (SSSR count). The number of esters is 1. The third kappa shape index (κ3) is 2.36. The molecule has 0 aliphatic rings. The van der Waals surface area contributed by atoms with E-state index in [1.807, 2.05) is 30.3 Å². The van der Waals surface area contributed by atoms with Crippen molar-refractivity contribution < 1.29 is 14.6 Å². The van der Waals surface area contributed by atoms with Crippen LogP contribution in [0.2, 0.25) is 0 Å². The smallest absolute Gasteiger partial charge is 0.349 e. The monoisotopic (exact) mass is 313 g/mol. The number of aromatic hydroxyl groups is 1. The summed E-state index contributed by atoms with van der Waals surface area (Å²) in [6.07, 6.45) is 0. The first-order valence-electron chi connectivity index (χ1n) is 7.11. The number of benzene rings is 1. The first-order valence-corrected chi connectivity index (χ1v) is 7.11. The molecule has 0 unspecified atom stereocenters. The Kier molecular flexibility index (Phi) is 3.61. The summed E-state index contributed by atoms with van der Waals surface area (Å²) in [5, 5.41) is 14.5. The van der Waals surface area contributed by atoms with Gasteiger partial charge < -0.3 is 14.8 Å². The van der Waals surface area contributed by atoms with E-state index in [2.05, 4.69) is 10.1 Å². The number of fused-ring (bicyclic) bond motifs is 1. The molecule has 3 aromatic rings. The molecular formula is C16H15N3O4. The summed E-state index contributed by atoms with van der Waals surface area (Å²) in [5.41, 5.74) is 1.30. The van der Waals surface area contributed by atoms with Crippen molar-refractivity contribution in [1.29, 1.82) is 0 Å². The van der Waals surface area contributed by atoms with Crippen LogP contribution in [0.5, 0.6) is 5.88 Å². The Bertz CT molecular complexity index is 941. The van der Waals surface area contributed by atoms with Gasteiger partial charge in [-0.15, -0.1) is 0 Å². The Balaban J connectivity index is 2.31. The van der Waals surface area contributed by atoms with Crippen LogP contribution in [-0.2, 0) is 4.74 Å². The summed E-state index contributed by atoms with van der Waals surface area (Å²) in [7, 11) is 0. The van der Waals surface area contributed by atoms with Crippen LogP contribution in [0.3, 0.4) is 0 Å². The molecule has 0 saturated heterocycles. The van der Waals surface area contributed by atoms with Crippen LogP contribution in [0, 0.1) is 6.92 Å². The van der Waals surface area contributed by atoms with E-state index in [9.17, 15) is 14.7 Å². The van der Waals surface area contributed by atoms with Crippen molar-refractivity contribution in [2.24, 2.45) is 0 Å². The van der Waals surface area contributed by atoms with E-state index in [1.54, 1.807) is 13.8 Å². The molecule has 0 spiro atoms. The maximum atomic E-state index is 12.2. The first kappa shape index (κ1) is 14.8. The molecule has 2 heterocycles. The topological polar surface area (TPSA) is 96.7 Å². The Labute approximate surface area is 131 Å². The second-order valence-corrected chi connectivity index (χ2v) is 4.96. The van der Waals surface area contributed by atoms with Crippen molar-refractivity contribution in [3.05, 3.63) is 51.9 Å². The van der Waals surface area contributed by atoms with Gasteiger partial charge in [0.05, 0.1) is 12.3 Å². The summed E-state index contributed by atoms with van der Waals surface area (Å²) < 4.78 is 5.94. The lowest BCUT2D eigenvalue weighted by Gasteiger charge is -2.06. The second-order valence-electron chi connectivity index (χ2n) is 4.96. The average Bonchev–Trinajstić information content (AvgIpc) is 2.85. The number of rotatable bonds is 3. The highest BCUT2D eigenvalue weighted by Gasteiger charge is 2.24. The standard InChI is InChI=1S/C16H15N3O4/c1-3-23-16(22)12-14(20)17-13-11(10-7-5-4-6-8-10)9(2)18-19(13)15(12)21/h4-8,21H,3H2,1-2H3,(H,17,20). The lowest BCUT2D eigenvalue weighted by Crippen LogP contribution is -2.22. The van der Waals surface area contributed by atoms with Crippen molar-refractivity contribution in [2.45, 2.75) is 13.8 Å². The lowest BCUT2D eigenvalue weighted by atomic mass is 10.1. The van der Waals surface area contributed by atoms with Crippen molar-refractivity contribution in [2.75, 3.05) is 6.61 Å². The zero-order chi connectivity index (χ0) is 16.6. The number of aromatic amines is 1. The third-order valence-corrected chi connectivity index (χ3v) is 3.49. The minimum absolute atomic E-state index is 0.100. The fourth-order valence-corrected chi connectivity index (χ4v) is 2.51. The van der Waals surface area contributed by atoms with Gasteiger partial charge in [0.2, 0.25) is 5.88 Å². The predicted octanol–water partition coefficient (Wildman–Crippen LogP) is 1.88. The largest absolute Gasteiger partial charge is 0.492 e. The highest BCUT2D eigenvalue weighted by molar-refractivity contribution is 5.92. The molecule has 23 heavy (non-hydrogen) atoms. The average molecular weight is 313 g/mol. The van der Waals surface area contributed by atoms with E-state index in [0.29, 0.717) is 16.9 Å². The maximum absolute atomic E-state index is 12.2. The number of nitrogens with zero attached hydrogens (tertiary/aromatic N) is 2. The maximum Gasteiger partial charge on any atom is 0.349 e. The fraction of sp³-hybridized carbons (Fsp3) is 0.188. The summed E-state index contributed by atoms with van der Waals surface area (Å²) in [6, 6.07) is 9.35. The Hall–Kier alpha value is -3.09. The van der Waals surface area contributed by atoms with Gasteiger partial charge in [-0.05, 0) is 19.4 Å². The number of aryl methyl sites for hydroxylation is 1. The number of carbonyl (C=O) groups excluding carboxylic acids is 1. The number of ether oxygens (including phenoxy) is 1.